The lowest BCUT2D eigenvalue weighted by Gasteiger charge is -2.33. The highest BCUT2D eigenvalue weighted by molar-refractivity contribution is 7.86. The third kappa shape index (κ3) is 8.28. The molecule has 19 heteroatoms. The van der Waals surface area contributed by atoms with Crippen molar-refractivity contribution in [3.05, 3.63) is 48.0 Å². The predicted octanol–water partition coefficient (Wildman–Crippen LogP) is 4.18. The van der Waals surface area contributed by atoms with Crippen LogP contribution in [0.1, 0.15) is 24.8 Å². The summed E-state index contributed by atoms with van der Waals surface area (Å²) in [5.41, 5.74) is -2.30. The summed E-state index contributed by atoms with van der Waals surface area (Å²) in [7, 11) is -6.84. The first kappa shape index (κ1) is 34.1. The van der Waals surface area contributed by atoms with E-state index in [0.717, 1.165) is 0 Å². The first-order valence-electron chi connectivity index (χ1n) is 10.2. The van der Waals surface area contributed by atoms with Crippen LogP contribution in [0, 0.1) is 0 Å². The highest BCUT2D eigenvalue weighted by Crippen LogP contribution is 2.42. The Morgan fingerprint density at radius 3 is 1.92 bits per heavy atom. The molecule has 1 rings (SSSR count). The van der Waals surface area contributed by atoms with E-state index in [1.807, 2.05) is 0 Å². The van der Waals surface area contributed by atoms with E-state index in [0.29, 0.717) is 0 Å². The molecule has 0 spiro atoms. The topological polar surface area (TPSA) is 122 Å². The monoisotopic (exact) mass is 606 g/mol. The van der Waals surface area contributed by atoms with E-state index in [-0.39, 0.29) is 5.56 Å². The van der Waals surface area contributed by atoms with Crippen LogP contribution in [0.15, 0.2) is 42.5 Å². The van der Waals surface area contributed by atoms with Gasteiger partial charge < -0.3 is 19.3 Å². The molecule has 0 aliphatic heterocycles. The van der Waals surface area contributed by atoms with Gasteiger partial charge in [0.1, 0.15) is 5.57 Å². The van der Waals surface area contributed by atoms with Crippen molar-refractivity contribution in [1.82, 2.24) is 5.32 Å². The van der Waals surface area contributed by atoms with Gasteiger partial charge in [0.25, 0.3) is 0 Å². The van der Waals surface area contributed by atoms with Crippen molar-refractivity contribution >= 4 is 22.0 Å². The maximum absolute atomic E-state index is 14.0. The van der Waals surface area contributed by atoms with E-state index >= 15 is 0 Å². The number of amides is 1. The third-order valence-electron chi connectivity index (χ3n) is 4.72. The van der Waals surface area contributed by atoms with E-state index < -0.39 is 89.3 Å². The number of ether oxygens (including phenoxy) is 2. The van der Waals surface area contributed by atoms with Gasteiger partial charge in [-0.25, -0.2) is 13.2 Å². The molecule has 0 radical (unpaired) electrons. The van der Waals surface area contributed by atoms with Gasteiger partial charge in [0, 0.05) is 13.0 Å². The van der Waals surface area contributed by atoms with E-state index in [1.165, 1.54) is 30.3 Å². The molecule has 0 bridgehead atoms. The predicted molar refractivity (Wildman–Crippen MR) is 108 cm³/mol. The molecule has 8 nitrogen and oxygen atoms in total. The Hall–Kier alpha value is -2.93. The number of hydrogen-bond donors (Lipinski definition) is 1. The van der Waals surface area contributed by atoms with Gasteiger partial charge in [-0.15, -0.1) is 0 Å². The molecule has 39 heavy (non-hydrogen) atoms. The Kier molecular flexibility index (Phi) is 10.6. The minimum Gasteiger partial charge on any atom is -0.743 e. The number of alkyl halides is 10. The molecule has 0 aliphatic carbocycles. The summed E-state index contributed by atoms with van der Waals surface area (Å²) < 4.78 is 173. The molecule has 1 amide bonds. The summed E-state index contributed by atoms with van der Waals surface area (Å²) in [6.07, 6.45) is -16.1. The maximum Gasteiger partial charge on any atom is 0.466 e. The molecule has 1 atom stereocenters. The van der Waals surface area contributed by atoms with Crippen molar-refractivity contribution in [2.45, 2.75) is 55.1 Å². The second-order valence-corrected chi connectivity index (χ2v) is 9.05. The van der Waals surface area contributed by atoms with Gasteiger partial charge in [0.2, 0.25) is 0 Å². The number of halogens is 10. The lowest BCUT2D eigenvalue weighted by molar-refractivity contribution is -0.348. The highest BCUT2D eigenvalue weighted by Gasteiger charge is 2.67. The lowest BCUT2D eigenvalue weighted by atomic mass is 10.1. The van der Waals surface area contributed by atoms with Crippen LogP contribution < -0.4 is 5.32 Å². The van der Waals surface area contributed by atoms with Gasteiger partial charge in [0.15, 0.2) is 10.1 Å². The Labute approximate surface area is 213 Å². The zero-order chi connectivity index (χ0) is 30.5. The number of nitrogens with one attached hydrogen (secondary N) is 1. The molecule has 0 saturated heterocycles. The van der Waals surface area contributed by atoms with Crippen LogP contribution in [0.2, 0.25) is 0 Å². The quantitative estimate of drug-likeness (QED) is 0.0893. The normalized spacial score (nSPS) is 14.8. The van der Waals surface area contributed by atoms with Crippen LogP contribution in [-0.4, -0.2) is 60.8 Å². The number of rotatable bonds is 13. The molecule has 1 N–H and O–H groups in total. The van der Waals surface area contributed by atoms with E-state index in [1.54, 1.807) is 5.32 Å². The largest absolute Gasteiger partial charge is 0.743 e. The number of carbonyl (C=O) groups is 2. The fourth-order valence-corrected chi connectivity index (χ4v) is 3.07. The standard InChI is InChI=1S/C20H19F10NO7S/c1-12(18(23,24)25)14(32)38-17(19(26,27)28,15(33)31-11-13-7-3-2-4-8-13)37-10-6-5-9-16(21,22)20(29,30)39(34,35)36/h2-4,7-8H,1,5-6,9-11H2,(H,31,33)(H,34,35,36)/p-1. The van der Waals surface area contributed by atoms with Gasteiger partial charge in [-0.1, -0.05) is 36.9 Å². The van der Waals surface area contributed by atoms with Crippen molar-refractivity contribution in [3.63, 3.8) is 0 Å². The number of benzene rings is 1. The average molecular weight is 606 g/mol. The zero-order valence-corrected chi connectivity index (χ0v) is 20.0. The average Bonchev–Trinajstić information content (AvgIpc) is 2.79. The van der Waals surface area contributed by atoms with Gasteiger partial charge in [-0.2, -0.15) is 43.9 Å². The fourth-order valence-electron chi connectivity index (χ4n) is 2.61. The first-order chi connectivity index (χ1) is 17.5. The van der Waals surface area contributed by atoms with Crippen LogP contribution in [0.25, 0.3) is 0 Å². The summed E-state index contributed by atoms with van der Waals surface area (Å²) in [6, 6.07) is 6.92. The minimum atomic E-state index is -6.84. The van der Waals surface area contributed by atoms with Crippen LogP contribution in [-0.2, 0) is 35.7 Å². The number of esters is 1. The molecule has 1 unspecified atom stereocenters. The second kappa shape index (κ2) is 12.1. The summed E-state index contributed by atoms with van der Waals surface area (Å²) in [5, 5.41) is -4.44. The fraction of sp³-hybridized carbons (Fsp3) is 0.500. The van der Waals surface area contributed by atoms with Crippen LogP contribution in [0.5, 0.6) is 0 Å². The third-order valence-corrected chi connectivity index (χ3v) is 5.65. The number of carbonyl (C=O) groups excluding carboxylic acids is 2. The van der Waals surface area contributed by atoms with E-state index in [4.69, 9.17) is 0 Å². The molecule has 1 aromatic carbocycles. The van der Waals surface area contributed by atoms with Gasteiger partial charge >= 0.3 is 41.2 Å². The molecule has 0 saturated carbocycles. The first-order valence-corrected chi connectivity index (χ1v) is 11.6. The van der Waals surface area contributed by atoms with Gasteiger partial charge in [-0.05, 0) is 18.4 Å². The molecular formula is C20H18F10NO7S-. The van der Waals surface area contributed by atoms with Crippen molar-refractivity contribution < 1.29 is 75.9 Å². The zero-order valence-electron chi connectivity index (χ0n) is 19.2. The van der Waals surface area contributed by atoms with Crippen LogP contribution in [0.4, 0.5) is 43.9 Å². The Balaban J connectivity index is 3.18. The molecule has 0 aliphatic rings. The van der Waals surface area contributed by atoms with Gasteiger partial charge in [-0.3, -0.25) is 4.79 Å². The Morgan fingerprint density at radius 2 is 1.46 bits per heavy atom. The van der Waals surface area contributed by atoms with E-state index in [2.05, 4.69) is 16.1 Å². The minimum absolute atomic E-state index is 0.171. The molecule has 0 heterocycles. The van der Waals surface area contributed by atoms with Crippen LogP contribution in [0.3, 0.4) is 0 Å². The Bertz CT molecular complexity index is 1140. The SMILES string of the molecule is C=C(C(=O)OC(OCCCCC(F)(F)C(F)(F)S(=O)(=O)[O-])(C(=O)NCc1ccccc1)C(F)(F)F)C(F)(F)F. The molecule has 1 aromatic rings. The molecule has 0 fully saturated rings. The number of unbranched alkanes of at least 4 members (excludes halogenated alkanes) is 1. The van der Waals surface area contributed by atoms with Crippen molar-refractivity contribution in [2.75, 3.05) is 6.61 Å². The van der Waals surface area contributed by atoms with Crippen molar-refractivity contribution in [3.8, 4) is 0 Å². The second-order valence-electron chi connectivity index (χ2n) is 7.63. The van der Waals surface area contributed by atoms with Crippen molar-refractivity contribution in [1.29, 1.82) is 0 Å². The van der Waals surface area contributed by atoms with Crippen molar-refractivity contribution in [2.24, 2.45) is 0 Å². The Morgan fingerprint density at radius 1 is 0.923 bits per heavy atom. The van der Waals surface area contributed by atoms with E-state index in [9.17, 15) is 66.5 Å². The summed E-state index contributed by atoms with van der Waals surface area (Å²) in [4.78, 5) is 24.3. The summed E-state index contributed by atoms with van der Waals surface area (Å²) in [6.45, 7) is 0.0325. The molecule has 0 aromatic heterocycles. The maximum atomic E-state index is 14.0. The number of hydrogen-bond acceptors (Lipinski definition) is 7. The molecule has 222 valence electrons. The van der Waals surface area contributed by atoms with Crippen LogP contribution >= 0.6 is 0 Å². The van der Waals surface area contributed by atoms with Gasteiger partial charge in [0.05, 0.1) is 6.61 Å². The smallest absolute Gasteiger partial charge is 0.466 e. The highest BCUT2D eigenvalue weighted by atomic mass is 32.2. The molecular weight excluding hydrogens is 588 g/mol. The lowest BCUT2D eigenvalue weighted by Crippen LogP contribution is -2.61. The summed E-state index contributed by atoms with van der Waals surface area (Å²) >= 11 is 0. The summed E-state index contributed by atoms with van der Waals surface area (Å²) in [5.74, 6) is -15.4.